The lowest BCUT2D eigenvalue weighted by Crippen LogP contribution is -2.29. The highest BCUT2D eigenvalue weighted by atomic mass is 32.2. The molecule has 0 radical (unpaired) electrons. The quantitative estimate of drug-likeness (QED) is 0.909. The fourth-order valence-corrected chi connectivity index (χ4v) is 3.71. The standard InChI is InChI=1S/C16H20N2OS/c1-20-14-7-6-13(9-14)17-10-12-8-11-4-2-3-5-15(11)18-16(12)19/h2-5,8,13-14,17H,6-7,9-10H2,1H3,(H,18,19). The Morgan fingerprint density at radius 3 is 3.00 bits per heavy atom. The monoisotopic (exact) mass is 288 g/mol. The molecule has 1 saturated carbocycles. The van der Waals surface area contributed by atoms with Gasteiger partial charge in [0.15, 0.2) is 0 Å². The molecule has 3 rings (SSSR count). The summed E-state index contributed by atoms with van der Waals surface area (Å²) in [6.45, 7) is 0.659. The first-order valence-electron chi connectivity index (χ1n) is 7.13. The van der Waals surface area contributed by atoms with Crippen molar-refractivity contribution in [1.82, 2.24) is 10.3 Å². The number of H-pyrrole nitrogens is 1. The van der Waals surface area contributed by atoms with Crippen molar-refractivity contribution in [3.05, 3.63) is 46.2 Å². The first kappa shape index (κ1) is 13.7. The molecular weight excluding hydrogens is 268 g/mol. The number of para-hydroxylation sites is 1. The van der Waals surface area contributed by atoms with Gasteiger partial charge in [0.05, 0.1) is 0 Å². The van der Waals surface area contributed by atoms with Crippen molar-refractivity contribution in [3.8, 4) is 0 Å². The van der Waals surface area contributed by atoms with Crippen LogP contribution >= 0.6 is 11.8 Å². The van der Waals surface area contributed by atoms with E-state index in [-0.39, 0.29) is 5.56 Å². The van der Waals surface area contributed by atoms with Gasteiger partial charge in [-0.15, -0.1) is 0 Å². The summed E-state index contributed by atoms with van der Waals surface area (Å²) >= 11 is 1.95. The Balaban J connectivity index is 1.71. The smallest absolute Gasteiger partial charge is 0.252 e. The van der Waals surface area contributed by atoms with Gasteiger partial charge in [0.1, 0.15) is 0 Å². The molecule has 2 N–H and O–H groups in total. The topological polar surface area (TPSA) is 44.9 Å². The van der Waals surface area contributed by atoms with E-state index in [0.717, 1.165) is 21.7 Å². The van der Waals surface area contributed by atoms with Crippen molar-refractivity contribution >= 4 is 22.7 Å². The fraction of sp³-hybridized carbons (Fsp3) is 0.438. The van der Waals surface area contributed by atoms with Gasteiger partial charge in [-0.2, -0.15) is 11.8 Å². The number of fused-ring (bicyclic) bond motifs is 1. The molecule has 2 atom stereocenters. The third-order valence-corrected chi connectivity index (χ3v) is 5.22. The summed E-state index contributed by atoms with van der Waals surface area (Å²) in [6.07, 6.45) is 5.90. The number of hydrogen-bond donors (Lipinski definition) is 2. The van der Waals surface area contributed by atoms with Crippen LogP contribution in [0.4, 0.5) is 0 Å². The van der Waals surface area contributed by atoms with Crippen LogP contribution in [0.15, 0.2) is 35.1 Å². The molecule has 0 amide bonds. The maximum absolute atomic E-state index is 12.1. The number of aromatic nitrogens is 1. The van der Waals surface area contributed by atoms with Crippen LogP contribution in [0, 0.1) is 0 Å². The van der Waals surface area contributed by atoms with E-state index in [4.69, 9.17) is 0 Å². The van der Waals surface area contributed by atoms with E-state index in [2.05, 4.69) is 16.6 Å². The first-order chi connectivity index (χ1) is 9.76. The Kier molecular flexibility index (Phi) is 4.13. The molecule has 0 spiro atoms. The number of thioether (sulfide) groups is 1. The molecule has 3 nitrogen and oxygen atoms in total. The molecule has 106 valence electrons. The molecule has 0 aliphatic heterocycles. The summed E-state index contributed by atoms with van der Waals surface area (Å²) in [6, 6.07) is 10.5. The summed E-state index contributed by atoms with van der Waals surface area (Å²) in [5.74, 6) is 0. The Labute approximate surface area is 123 Å². The lowest BCUT2D eigenvalue weighted by atomic mass is 10.1. The molecule has 2 unspecified atom stereocenters. The molecule has 1 fully saturated rings. The predicted octanol–water partition coefficient (Wildman–Crippen LogP) is 2.90. The van der Waals surface area contributed by atoms with E-state index >= 15 is 0 Å². The molecule has 2 aromatic rings. The highest BCUT2D eigenvalue weighted by Gasteiger charge is 2.23. The largest absolute Gasteiger partial charge is 0.322 e. The second kappa shape index (κ2) is 6.02. The minimum absolute atomic E-state index is 0.0237. The number of hydrogen-bond acceptors (Lipinski definition) is 3. The van der Waals surface area contributed by atoms with E-state index in [9.17, 15) is 4.79 Å². The van der Waals surface area contributed by atoms with E-state index in [1.165, 1.54) is 19.3 Å². The summed E-state index contributed by atoms with van der Waals surface area (Å²) in [5.41, 5.74) is 1.76. The average Bonchev–Trinajstić information content (AvgIpc) is 2.93. The SMILES string of the molecule is CSC1CCC(NCc2cc3ccccc3[nH]c2=O)C1. The number of benzene rings is 1. The van der Waals surface area contributed by atoms with Crippen LogP contribution in [0.5, 0.6) is 0 Å². The van der Waals surface area contributed by atoms with Gasteiger partial charge in [0.2, 0.25) is 0 Å². The molecule has 4 heteroatoms. The van der Waals surface area contributed by atoms with E-state index in [1.807, 2.05) is 42.1 Å². The Bertz CT molecular complexity index is 652. The van der Waals surface area contributed by atoms with Crippen molar-refractivity contribution < 1.29 is 0 Å². The maximum atomic E-state index is 12.1. The van der Waals surface area contributed by atoms with Crippen LogP contribution in [0.3, 0.4) is 0 Å². The fourth-order valence-electron chi connectivity index (χ4n) is 2.92. The third kappa shape index (κ3) is 2.91. The molecule has 1 aromatic carbocycles. The second-order valence-electron chi connectivity index (χ2n) is 5.46. The minimum atomic E-state index is 0.0237. The second-order valence-corrected chi connectivity index (χ2v) is 6.60. The van der Waals surface area contributed by atoms with Crippen LogP contribution < -0.4 is 10.9 Å². The molecule has 0 bridgehead atoms. The lowest BCUT2D eigenvalue weighted by molar-refractivity contribution is 0.523. The van der Waals surface area contributed by atoms with Crippen LogP contribution in [-0.2, 0) is 6.54 Å². The number of nitrogens with one attached hydrogen (secondary N) is 2. The van der Waals surface area contributed by atoms with Gasteiger partial charge in [-0.25, -0.2) is 0 Å². The number of pyridine rings is 1. The van der Waals surface area contributed by atoms with Gasteiger partial charge in [0.25, 0.3) is 5.56 Å². The Morgan fingerprint density at radius 2 is 2.20 bits per heavy atom. The van der Waals surface area contributed by atoms with Gasteiger partial charge < -0.3 is 10.3 Å². The van der Waals surface area contributed by atoms with Gasteiger partial charge in [0, 0.05) is 28.9 Å². The van der Waals surface area contributed by atoms with Gasteiger partial charge in [-0.05, 0) is 43.0 Å². The van der Waals surface area contributed by atoms with Gasteiger partial charge >= 0.3 is 0 Å². The zero-order valence-corrected chi connectivity index (χ0v) is 12.5. The molecule has 1 aliphatic rings. The van der Waals surface area contributed by atoms with Gasteiger partial charge in [-0.1, -0.05) is 18.2 Å². The summed E-state index contributed by atoms with van der Waals surface area (Å²) in [4.78, 5) is 15.0. The van der Waals surface area contributed by atoms with E-state index < -0.39 is 0 Å². The normalized spacial score (nSPS) is 22.4. The van der Waals surface area contributed by atoms with Crippen molar-refractivity contribution in [2.75, 3.05) is 6.26 Å². The minimum Gasteiger partial charge on any atom is -0.322 e. The zero-order valence-electron chi connectivity index (χ0n) is 11.7. The van der Waals surface area contributed by atoms with E-state index in [1.54, 1.807) is 0 Å². The summed E-state index contributed by atoms with van der Waals surface area (Å²) in [7, 11) is 0. The summed E-state index contributed by atoms with van der Waals surface area (Å²) in [5, 5.41) is 5.41. The van der Waals surface area contributed by atoms with Crippen LogP contribution in [0.2, 0.25) is 0 Å². The van der Waals surface area contributed by atoms with Crippen molar-refractivity contribution in [2.24, 2.45) is 0 Å². The highest BCUT2D eigenvalue weighted by molar-refractivity contribution is 7.99. The lowest BCUT2D eigenvalue weighted by Gasteiger charge is -2.12. The average molecular weight is 288 g/mol. The molecular formula is C16H20N2OS. The van der Waals surface area contributed by atoms with Crippen molar-refractivity contribution in [2.45, 2.75) is 37.1 Å². The van der Waals surface area contributed by atoms with E-state index in [0.29, 0.717) is 12.6 Å². The maximum Gasteiger partial charge on any atom is 0.252 e. The number of rotatable bonds is 4. The first-order valence-corrected chi connectivity index (χ1v) is 8.42. The van der Waals surface area contributed by atoms with Gasteiger partial charge in [-0.3, -0.25) is 4.79 Å². The van der Waals surface area contributed by atoms with Crippen LogP contribution in [0.25, 0.3) is 10.9 Å². The molecule has 1 heterocycles. The molecule has 0 saturated heterocycles. The number of aromatic amines is 1. The molecule has 1 aliphatic carbocycles. The zero-order chi connectivity index (χ0) is 13.9. The molecule has 20 heavy (non-hydrogen) atoms. The van der Waals surface area contributed by atoms with Crippen molar-refractivity contribution in [1.29, 1.82) is 0 Å². The van der Waals surface area contributed by atoms with Crippen LogP contribution in [0.1, 0.15) is 24.8 Å². The third-order valence-electron chi connectivity index (χ3n) is 4.13. The summed E-state index contributed by atoms with van der Waals surface area (Å²) < 4.78 is 0. The Morgan fingerprint density at radius 1 is 1.35 bits per heavy atom. The van der Waals surface area contributed by atoms with Crippen LogP contribution in [-0.4, -0.2) is 22.5 Å². The van der Waals surface area contributed by atoms with Crippen molar-refractivity contribution in [3.63, 3.8) is 0 Å². The predicted molar refractivity (Wildman–Crippen MR) is 86.4 cm³/mol. The Hall–Kier alpha value is -1.26. The molecule has 1 aromatic heterocycles. The highest BCUT2D eigenvalue weighted by Crippen LogP contribution is 2.28.